The summed E-state index contributed by atoms with van der Waals surface area (Å²) in [6, 6.07) is 0. The molecule has 0 aromatic carbocycles. The molecule has 3 aliphatic rings. The second kappa shape index (κ2) is 6.49. The predicted octanol–water partition coefficient (Wildman–Crippen LogP) is 1.81. The van der Waals surface area contributed by atoms with E-state index in [-0.39, 0.29) is 0 Å². The minimum atomic E-state index is 0.640. The van der Waals surface area contributed by atoms with E-state index in [1.165, 1.54) is 45.2 Å². The molecule has 1 N–H and O–H groups in total. The van der Waals surface area contributed by atoms with Gasteiger partial charge in [-0.2, -0.15) is 0 Å². The van der Waals surface area contributed by atoms with Gasteiger partial charge in [-0.25, -0.2) is 4.99 Å². The normalized spacial score (nSPS) is 27.2. The van der Waals surface area contributed by atoms with E-state index in [1.54, 1.807) is 0 Å². The zero-order chi connectivity index (χ0) is 15.6. The first kappa shape index (κ1) is 15.0. The minimum Gasteiger partial charge on any atom is -0.357 e. The average molecular weight is 316 g/mol. The van der Waals surface area contributed by atoms with E-state index in [4.69, 9.17) is 4.99 Å². The zero-order valence-electron chi connectivity index (χ0n) is 14.2. The Kier molecular flexibility index (Phi) is 4.23. The number of fused-ring (bicyclic) bond motifs is 2. The monoisotopic (exact) mass is 316 g/mol. The van der Waals surface area contributed by atoms with Crippen molar-refractivity contribution in [2.24, 2.45) is 16.8 Å². The Morgan fingerprint density at radius 1 is 1.17 bits per heavy atom. The molecular formula is C17H28N6. The summed E-state index contributed by atoms with van der Waals surface area (Å²) in [5, 5.41) is 12.1. The van der Waals surface area contributed by atoms with E-state index in [1.807, 2.05) is 0 Å². The number of aliphatic imine (C=N–C) groups is 1. The van der Waals surface area contributed by atoms with Crippen LogP contribution in [0.4, 0.5) is 0 Å². The van der Waals surface area contributed by atoms with E-state index < -0.39 is 0 Å². The maximum Gasteiger partial charge on any atom is 0.194 e. The summed E-state index contributed by atoms with van der Waals surface area (Å²) in [5.74, 6) is 4.98. The molecule has 6 nitrogen and oxygen atoms in total. The third-order valence-corrected chi connectivity index (χ3v) is 5.67. The van der Waals surface area contributed by atoms with Crippen molar-refractivity contribution in [1.29, 1.82) is 0 Å². The molecule has 2 fully saturated rings. The summed E-state index contributed by atoms with van der Waals surface area (Å²) >= 11 is 0. The van der Waals surface area contributed by atoms with E-state index in [0.717, 1.165) is 49.0 Å². The SMILES string of the molecule is CCNC(=NCc1nnc2n1CCC2)N1CC2CCCCC2C1. The molecule has 2 atom stereocenters. The molecule has 2 aliphatic heterocycles. The Balaban J connectivity index is 1.46. The van der Waals surface area contributed by atoms with Gasteiger partial charge in [0.2, 0.25) is 0 Å². The fourth-order valence-corrected chi connectivity index (χ4v) is 4.48. The van der Waals surface area contributed by atoms with Gasteiger partial charge in [0, 0.05) is 32.6 Å². The highest BCUT2D eigenvalue weighted by atomic mass is 15.3. The molecule has 1 aromatic rings. The van der Waals surface area contributed by atoms with Gasteiger partial charge >= 0.3 is 0 Å². The van der Waals surface area contributed by atoms with Gasteiger partial charge in [-0.15, -0.1) is 10.2 Å². The summed E-state index contributed by atoms with van der Waals surface area (Å²) in [6.45, 7) is 7.11. The van der Waals surface area contributed by atoms with Gasteiger partial charge in [0.1, 0.15) is 12.4 Å². The zero-order valence-corrected chi connectivity index (χ0v) is 14.2. The topological polar surface area (TPSA) is 58.3 Å². The van der Waals surface area contributed by atoms with Crippen LogP contribution in [0.2, 0.25) is 0 Å². The maximum atomic E-state index is 4.88. The van der Waals surface area contributed by atoms with Crippen molar-refractivity contribution >= 4 is 5.96 Å². The molecule has 0 spiro atoms. The van der Waals surface area contributed by atoms with Crippen molar-refractivity contribution in [3.8, 4) is 0 Å². The van der Waals surface area contributed by atoms with Crippen molar-refractivity contribution in [2.45, 2.75) is 58.5 Å². The Hall–Kier alpha value is -1.59. The molecule has 126 valence electrons. The lowest BCUT2D eigenvalue weighted by molar-refractivity contribution is 0.299. The van der Waals surface area contributed by atoms with Crippen LogP contribution in [0, 0.1) is 11.8 Å². The Bertz CT molecular complexity index is 564. The van der Waals surface area contributed by atoms with Gasteiger partial charge in [-0.1, -0.05) is 12.8 Å². The summed E-state index contributed by atoms with van der Waals surface area (Å²) in [5.41, 5.74) is 0. The molecule has 1 aliphatic carbocycles. The van der Waals surface area contributed by atoms with Crippen molar-refractivity contribution in [3.05, 3.63) is 11.6 Å². The predicted molar refractivity (Wildman–Crippen MR) is 90.2 cm³/mol. The average Bonchev–Trinajstić information content (AvgIpc) is 3.26. The van der Waals surface area contributed by atoms with Gasteiger partial charge in [0.15, 0.2) is 11.8 Å². The third kappa shape index (κ3) is 2.95. The number of hydrogen-bond donors (Lipinski definition) is 1. The third-order valence-electron chi connectivity index (χ3n) is 5.67. The fraction of sp³-hybridized carbons (Fsp3) is 0.824. The molecule has 1 saturated carbocycles. The first-order valence-electron chi connectivity index (χ1n) is 9.29. The number of nitrogens with zero attached hydrogens (tertiary/aromatic N) is 5. The van der Waals surface area contributed by atoms with Gasteiger partial charge < -0.3 is 14.8 Å². The second-order valence-corrected chi connectivity index (χ2v) is 7.17. The first-order valence-corrected chi connectivity index (χ1v) is 9.29. The molecule has 2 unspecified atom stereocenters. The fourth-order valence-electron chi connectivity index (χ4n) is 4.48. The molecule has 23 heavy (non-hydrogen) atoms. The molecule has 3 heterocycles. The Morgan fingerprint density at radius 3 is 2.70 bits per heavy atom. The molecule has 4 rings (SSSR count). The summed E-state index contributed by atoms with van der Waals surface area (Å²) in [4.78, 5) is 7.36. The van der Waals surface area contributed by atoms with E-state index in [0.29, 0.717) is 6.54 Å². The number of aryl methyl sites for hydroxylation is 1. The van der Waals surface area contributed by atoms with Crippen molar-refractivity contribution in [3.63, 3.8) is 0 Å². The highest BCUT2D eigenvalue weighted by Crippen LogP contribution is 2.36. The maximum absolute atomic E-state index is 4.88. The lowest BCUT2D eigenvalue weighted by atomic mass is 9.82. The van der Waals surface area contributed by atoms with Crippen LogP contribution in [0.15, 0.2) is 4.99 Å². The van der Waals surface area contributed by atoms with E-state index in [2.05, 4.69) is 31.9 Å². The summed E-state index contributed by atoms with van der Waals surface area (Å²) in [7, 11) is 0. The van der Waals surface area contributed by atoms with Crippen molar-refractivity contribution in [2.75, 3.05) is 19.6 Å². The van der Waals surface area contributed by atoms with Gasteiger partial charge in [0.05, 0.1) is 0 Å². The Morgan fingerprint density at radius 2 is 1.96 bits per heavy atom. The second-order valence-electron chi connectivity index (χ2n) is 7.17. The molecule has 6 heteroatoms. The lowest BCUT2D eigenvalue weighted by Crippen LogP contribution is -2.40. The standard InChI is InChI=1S/C17H28N6/c1-2-18-17(22-11-13-6-3-4-7-14(13)12-22)19-10-16-21-20-15-8-5-9-23(15)16/h13-14H,2-12H2,1H3,(H,18,19). The van der Waals surface area contributed by atoms with Crippen LogP contribution in [-0.4, -0.2) is 45.3 Å². The number of likely N-dealkylation sites (tertiary alicyclic amines) is 1. The van der Waals surface area contributed by atoms with Gasteiger partial charge in [0.25, 0.3) is 0 Å². The molecule has 1 aromatic heterocycles. The molecular weight excluding hydrogens is 288 g/mol. The van der Waals surface area contributed by atoms with Gasteiger partial charge in [-0.05, 0) is 38.0 Å². The van der Waals surface area contributed by atoms with Crippen LogP contribution in [0.25, 0.3) is 0 Å². The van der Waals surface area contributed by atoms with Crippen LogP contribution < -0.4 is 5.32 Å². The van der Waals surface area contributed by atoms with Crippen LogP contribution in [0.3, 0.4) is 0 Å². The summed E-state index contributed by atoms with van der Waals surface area (Å²) < 4.78 is 2.25. The van der Waals surface area contributed by atoms with Crippen molar-refractivity contribution < 1.29 is 0 Å². The van der Waals surface area contributed by atoms with Gasteiger partial charge in [-0.3, -0.25) is 0 Å². The number of guanidine groups is 1. The number of hydrogen-bond acceptors (Lipinski definition) is 3. The molecule has 0 bridgehead atoms. The highest BCUT2D eigenvalue weighted by Gasteiger charge is 2.35. The molecule has 1 saturated heterocycles. The summed E-state index contributed by atoms with van der Waals surface area (Å²) in [6.07, 6.45) is 7.88. The number of rotatable bonds is 3. The Labute approximate surface area is 138 Å². The number of nitrogens with one attached hydrogen (secondary N) is 1. The molecule has 0 radical (unpaired) electrons. The van der Waals surface area contributed by atoms with Crippen LogP contribution in [-0.2, 0) is 19.5 Å². The lowest BCUT2D eigenvalue weighted by Gasteiger charge is -2.22. The van der Waals surface area contributed by atoms with Crippen LogP contribution in [0.5, 0.6) is 0 Å². The van der Waals surface area contributed by atoms with E-state index >= 15 is 0 Å². The minimum absolute atomic E-state index is 0.640. The van der Waals surface area contributed by atoms with Crippen LogP contribution >= 0.6 is 0 Å². The van der Waals surface area contributed by atoms with E-state index in [9.17, 15) is 0 Å². The first-order chi connectivity index (χ1) is 11.3. The quantitative estimate of drug-likeness (QED) is 0.682. The number of aromatic nitrogens is 3. The smallest absolute Gasteiger partial charge is 0.194 e. The highest BCUT2D eigenvalue weighted by molar-refractivity contribution is 5.80. The van der Waals surface area contributed by atoms with Crippen LogP contribution in [0.1, 0.15) is 50.7 Å². The van der Waals surface area contributed by atoms with Crippen molar-refractivity contribution in [1.82, 2.24) is 25.0 Å². The largest absolute Gasteiger partial charge is 0.357 e. The molecule has 0 amide bonds.